The third kappa shape index (κ3) is 3.25. The summed E-state index contributed by atoms with van der Waals surface area (Å²) in [7, 11) is 1.76. The van der Waals surface area contributed by atoms with Crippen LogP contribution in [0.1, 0.15) is 40.1 Å². The number of rotatable bonds is 3. The van der Waals surface area contributed by atoms with Gasteiger partial charge in [-0.1, -0.05) is 48.0 Å². The number of benzene rings is 1. The van der Waals surface area contributed by atoms with E-state index in [1.807, 2.05) is 39.8 Å². The maximum atomic E-state index is 13.2. The summed E-state index contributed by atoms with van der Waals surface area (Å²) in [5.74, 6) is 0.194. The molecule has 154 valence electrons. The molecule has 2 aliphatic heterocycles. The van der Waals surface area contributed by atoms with Gasteiger partial charge < -0.3 is 9.47 Å². The van der Waals surface area contributed by atoms with Crippen LogP contribution in [0.4, 0.5) is 0 Å². The zero-order valence-electron chi connectivity index (χ0n) is 16.7. The maximum Gasteiger partial charge on any atom is 0.275 e. The van der Waals surface area contributed by atoms with Gasteiger partial charge in [-0.3, -0.25) is 14.3 Å². The van der Waals surface area contributed by atoms with Crippen LogP contribution in [-0.4, -0.2) is 38.2 Å². The molecule has 0 radical (unpaired) electrons. The van der Waals surface area contributed by atoms with Gasteiger partial charge in [0.05, 0.1) is 5.02 Å². The van der Waals surface area contributed by atoms with Crippen LogP contribution in [0, 0.1) is 5.92 Å². The zero-order valence-corrected chi connectivity index (χ0v) is 17.5. The topological polar surface area (TPSA) is 60.1 Å². The molecule has 1 saturated heterocycles. The van der Waals surface area contributed by atoms with Crippen molar-refractivity contribution < 1.29 is 4.79 Å². The normalized spacial score (nSPS) is 22.6. The molecule has 0 saturated carbocycles. The molecule has 0 N–H and O–H groups in total. The first kappa shape index (κ1) is 19.1. The lowest BCUT2D eigenvalue weighted by Gasteiger charge is -2.47. The number of halogens is 1. The number of carbonyl (C=O) groups is 1. The molecule has 0 aliphatic carbocycles. The van der Waals surface area contributed by atoms with Crippen LogP contribution in [0.25, 0.3) is 0 Å². The standard InChI is InChI=1S/C23H23ClN4O2/c1-26-14-18(24)22(25-26)23(30)27-12-16-11-17(13-27)20(10-15-6-3-2-4-7-15)28-19(16)8-5-9-21(28)29/h2-9,14,16-17,20H,10-13H2,1H3/t16-,17+,20+/m1/s1. The van der Waals surface area contributed by atoms with E-state index in [-0.39, 0.29) is 29.3 Å². The summed E-state index contributed by atoms with van der Waals surface area (Å²) >= 11 is 6.24. The molecule has 0 unspecified atom stereocenters. The van der Waals surface area contributed by atoms with Gasteiger partial charge in [0.2, 0.25) is 0 Å². The summed E-state index contributed by atoms with van der Waals surface area (Å²) in [6, 6.07) is 15.7. The highest BCUT2D eigenvalue weighted by atomic mass is 35.5. The predicted octanol–water partition coefficient (Wildman–Crippen LogP) is 3.28. The molecule has 4 heterocycles. The molecule has 7 heteroatoms. The van der Waals surface area contributed by atoms with Crippen LogP contribution in [0.2, 0.25) is 5.02 Å². The molecule has 3 aromatic rings. The average Bonchev–Trinajstić information content (AvgIpc) is 3.09. The molecule has 1 fully saturated rings. The van der Waals surface area contributed by atoms with Crippen LogP contribution in [0.3, 0.4) is 0 Å². The molecular weight excluding hydrogens is 400 g/mol. The van der Waals surface area contributed by atoms with Gasteiger partial charge in [0.1, 0.15) is 0 Å². The monoisotopic (exact) mass is 422 g/mol. The Morgan fingerprint density at radius 3 is 2.67 bits per heavy atom. The van der Waals surface area contributed by atoms with Crippen LogP contribution >= 0.6 is 11.6 Å². The molecule has 1 aromatic carbocycles. The Bertz CT molecular complexity index is 1150. The number of likely N-dealkylation sites (tertiary alicyclic amines) is 1. The number of aromatic nitrogens is 3. The number of hydrogen-bond acceptors (Lipinski definition) is 3. The van der Waals surface area contributed by atoms with Crippen molar-refractivity contribution in [1.29, 1.82) is 0 Å². The Labute approximate surface area is 179 Å². The van der Waals surface area contributed by atoms with Gasteiger partial charge in [-0.2, -0.15) is 5.10 Å². The van der Waals surface area contributed by atoms with E-state index < -0.39 is 0 Å². The molecule has 30 heavy (non-hydrogen) atoms. The summed E-state index contributed by atoms with van der Waals surface area (Å²) in [4.78, 5) is 27.9. The van der Waals surface area contributed by atoms with Crippen molar-refractivity contribution >= 4 is 17.5 Å². The number of piperidine rings is 1. The third-order valence-corrected chi connectivity index (χ3v) is 6.64. The van der Waals surface area contributed by atoms with Crippen molar-refractivity contribution in [3.8, 4) is 0 Å². The molecule has 2 aliphatic rings. The van der Waals surface area contributed by atoms with Crippen molar-refractivity contribution in [2.24, 2.45) is 13.0 Å². The van der Waals surface area contributed by atoms with Crippen LogP contribution in [0.5, 0.6) is 0 Å². The number of aryl methyl sites for hydroxylation is 1. The van der Waals surface area contributed by atoms with Gasteiger partial charge in [0, 0.05) is 50.1 Å². The fourth-order valence-corrected chi connectivity index (χ4v) is 5.34. The molecule has 0 spiro atoms. The largest absolute Gasteiger partial charge is 0.336 e. The number of amides is 1. The highest BCUT2D eigenvalue weighted by Gasteiger charge is 2.42. The fraction of sp³-hybridized carbons (Fsp3) is 0.348. The van der Waals surface area contributed by atoms with E-state index in [1.165, 1.54) is 5.56 Å². The third-order valence-electron chi connectivity index (χ3n) is 6.36. The van der Waals surface area contributed by atoms with E-state index in [9.17, 15) is 9.59 Å². The van der Waals surface area contributed by atoms with Crippen molar-refractivity contribution in [2.75, 3.05) is 13.1 Å². The lowest BCUT2D eigenvalue weighted by atomic mass is 9.76. The molecule has 6 nitrogen and oxygen atoms in total. The quantitative estimate of drug-likeness (QED) is 0.650. The highest BCUT2D eigenvalue weighted by Crippen LogP contribution is 2.42. The first-order valence-electron chi connectivity index (χ1n) is 10.2. The number of fused-ring (bicyclic) bond motifs is 4. The molecule has 2 aromatic heterocycles. The van der Waals surface area contributed by atoms with E-state index in [1.54, 1.807) is 24.0 Å². The first-order valence-corrected chi connectivity index (χ1v) is 10.6. The van der Waals surface area contributed by atoms with Crippen LogP contribution in [0.15, 0.2) is 59.5 Å². The van der Waals surface area contributed by atoms with Crippen molar-refractivity contribution in [3.63, 3.8) is 0 Å². The lowest BCUT2D eigenvalue weighted by Crippen LogP contribution is -2.51. The van der Waals surface area contributed by atoms with E-state index in [0.717, 1.165) is 18.5 Å². The van der Waals surface area contributed by atoms with E-state index >= 15 is 0 Å². The first-order chi connectivity index (χ1) is 14.5. The van der Waals surface area contributed by atoms with Gasteiger partial charge in [-0.05, 0) is 30.4 Å². The summed E-state index contributed by atoms with van der Waals surface area (Å²) in [5, 5.41) is 4.63. The summed E-state index contributed by atoms with van der Waals surface area (Å²) in [5.41, 5.74) is 2.54. The van der Waals surface area contributed by atoms with Gasteiger partial charge in [-0.15, -0.1) is 0 Å². The van der Waals surface area contributed by atoms with Crippen molar-refractivity contribution in [2.45, 2.75) is 24.8 Å². The maximum absolute atomic E-state index is 13.2. The second-order valence-corrected chi connectivity index (χ2v) is 8.73. The molecule has 5 rings (SSSR count). The van der Waals surface area contributed by atoms with Gasteiger partial charge >= 0.3 is 0 Å². The van der Waals surface area contributed by atoms with E-state index in [0.29, 0.717) is 23.8 Å². The number of hydrogen-bond donors (Lipinski definition) is 0. The number of carbonyl (C=O) groups excluding carboxylic acids is 1. The fourth-order valence-electron chi connectivity index (χ4n) is 5.08. The Kier molecular flexibility index (Phi) is 4.74. The van der Waals surface area contributed by atoms with E-state index in [4.69, 9.17) is 11.6 Å². The minimum Gasteiger partial charge on any atom is -0.336 e. The molecule has 3 atom stereocenters. The van der Waals surface area contributed by atoms with Gasteiger partial charge in [-0.25, -0.2) is 0 Å². The van der Waals surface area contributed by atoms with Crippen LogP contribution in [-0.2, 0) is 13.5 Å². The average molecular weight is 423 g/mol. The second-order valence-electron chi connectivity index (χ2n) is 8.32. The second kappa shape index (κ2) is 7.43. The molecule has 2 bridgehead atoms. The smallest absolute Gasteiger partial charge is 0.275 e. The van der Waals surface area contributed by atoms with Crippen molar-refractivity contribution in [1.82, 2.24) is 19.2 Å². The summed E-state index contributed by atoms with van der Waals surface area (Å²) in [6.07, 6.45) is 3.38. The number of nitrogens with zero attached hydrogens (tertiary/aromatic N) is 4. The summed E-state index contributed by atoms with van der Waals surface area (Å²) < 4.78 is 3.54. The minimum absolute atomic E-state index is 0.0159. The minimum atomic E-state index is -0.138. The Morgan fingerprint density at radius 2 is 1.93 bits per heavy atom. The van der Waals surface area contributed by atoms with Crippen molar-refractivity contribution in [3.05, 3.63) is 87.1 Å². The van der Waals surface area contributed by atoms with Gasteiger partial charge in [0.15, 0.2) is 5.69 Å². The Morgan fingerprint density at radius 1 is 1.13 bits per heavy atom. The molecule has 1 amide bonds. The van der Waals surface area contributed by atoms with E-state index in [2.05, 4.69) is 17.2 Å². The Balaban J connectivity index is 1.52. The Hall–Kier alpha value is -2.86. The highest BCUT2D eigenvalue weighted by molar-refractivity contribution is 6.33. The predicted molar refractivity (Wildman–Crippen MR) is 115 cm³/mol. The molecular formula is C23H23ClN4O2. The summed E-state index contributed by atoms with van der Waals surface area (Å²) in [6.45, 7) is 1.17. The zero-order chi connectivity index (χ0) is 20.8. The SMILES string of the molecule is Cn1cc(Cl)c(C(=O)N2C[C@H]3C[C@@H](C2)[C@H](Cc2ccccc2)n2c3cccc2=O)n1. The number of pyridine rings is 1. The lowest BCUT2D eigenvalue weighted by molar-refractivity contribution is 0.0522. The van der Waals surface area contributed by atoms with Gasteiger partial charge in [0.25, 0.3) is 11.5 Å². The van der Waals surface area contributed by atoms with Crippen LogP contribution < -0.4 is 5.56 Å².